The second-order valence-electron chi connectivity index (χ2n) is 1.98. The van der Waals surface area contributed by atoms with Crippen LogP contribution in [0.3, 0.4) is 0 Å². The molecular formula is C8H8NO. The van der Waals surface area contributed by atoms with Crippen LogP contribution >= 0.6 is 0 Å². The topological polar surface area (TPSA) is 32.6 Å². The van der Waals surface area contributed by atoms with Crippen LogP contribution in [0.5, 0.6) is 0 Å². The summed E-state index contributed by atoms with van der Waals surface area (Å²) in [5, 5.41) is 11.4. The van der Waals surface area contributed by atoms with Crippen molar-refractivity contribution in [3.63, 3.8) is 0 Å². The molecule has 1 aromatic rings. The van der Waals surface area contributed by atoms with Crippen molar-refractivity contribution >= 4 is 5.71 Å². The predicted octanol–water partition coefficient (Wildman–Crippen LogP) is 1.68. The highest BCUT2D eigenvalue weighted by atomic mass is 16.4. The molecule has 0 heterocycles. The Hall–Kier alpha value is -1.31. The highest BCUT2D eigenvalue weighted by Gasteiger charge is 1.92. The van der Waals surface area contributed by atoms with E-state index in [4.69, 9.17) is 5.21 Å². The van der Waals surface area contributed by atoms with Crippen molar-refractivity contribution in [2.75, 3.05) is 0 Å². The summed E-state index contributed by atoms with van der Waals surface area (Å²) in [4.78, 5) is 0. The number of benzene rings is 1. The first-order valence-electron chi connectivity index (χ1n) is 2.99. The lowest BCUT2D eigenvalue weighted by molar-refractivity contribution is 0.319. The quantitative estimate of drug-likeness (QED) is 0.354. The van der Waals surface area contributed by atoms with Crippen LogP contribution in [0.15, 0.2) is 29.4 Å². The molecule has 0 aliphatic carbocycles. The van der Waals surface area contributed by atoms with E-state index < -0.39 is 0 Å². The first-order chi connectivity index (χ1) is 4.84. The van der Waals surface area contributed by atoms with Gasteiger partial charge in [0.05, 0.1) is 5.71 Å². The minimum Gasteiger partial charge on any atom is -0.411 e. The van der Waals surface area contributed by atoms with Gasteiger partial charge in [0, 0.05) is 0 Å². The third-order valence-corrected chi connectivity index (χ3v) is 1.27. The SMILES string of the molecule is C/C(=N\O)c1c[c]ccc1. The van der Waals surface area contributed by atoms with E-state index in [0.29, 0.717) is 5.71 Å². The maximum atomic E-state index is 8.36. The van der Waals surface area contributed by atoms with Crippen LogP contribution in [0, 0.1) is 6.07 Å². The van der Waals surface area contributed by atoms with E-state index >= 15 is 0 Å². The summed E-state index contributed by atoms with van der Waals surface area (Å²) in [5.41, 5.74) is 1.50. The number of nitrogens with zero attached hydrogens (tertiary/aromatic N) is 1. The molecule has 1 aromatic carbocycles. The third kappa shape index (κ3) is 1.35. The standard InChI is InChI=1S/C8H8NO/c1-7(9-10)8-5-3-2-4-6-8/h2-3,5-6,10H,1H3/b9-7+. The summed E-state index contributed by atoms with van der Waals surface area (Å²) >= 11 is 0. The van der Waals surface area contributed by atoms with E-state index in [0.717, 1.165) is 5.56 Å². The van der Waals surface area contributed by atoms with Crippen LogP contribution in [0.2, 0.25) is 0 Å². The summed E-state index contributed by atoms with van der Waals surface area (Å²) in [5.74, 6) is 0. The fourth-order valence-corrected chi connectivity index (χ4v) is 0.676. The summed E-state index contributed by atoms with van der Waals surface area (Å²) in [7, 11) is 0. The van der Waals surface area contributed by atoms with Gasteiger partial charge in [-0.3, -0.25) is 0 Å². The Morgan fingerprint density at radius 1 is 1.70 bits per heavy atom. The van der Waals surface area contributed by atoms with Crippen LogP contribution in [0.1, 0.15) is 12.5 Å². The summed E-state index contributed by atoms with van der Waals surface area (Å²) < 4.78 is 0. The Labute approximate surface area is 59.8 Å². The van der Waals surface area contributed by atoms with Crippen molar-refractivity contribution in [1.82, 2.24) is 0 Å². The molecule has 2 heteroatoms. The van der Waals surface area contributed by atoms with Crippen LogP contribution in [-0.4, -0.2) is 10.9 Å². The Balaban J connectivity index is 2.96. The Morgan fingerprint density at radius 2 is 2.50 bits per heavy atom. The molecule has 0 unspecified atom stereocenters. The lowest BCUT2D eigenvalue weighted by atomic mass is 10.1. The molecule has 2 nitrogen and oxygen atoms in total. The molecule has 0 amide bonds. The van der Waals surface area contributed by atoms with Crippen molar-refractivity contribution in [2.45, 2.75) is 6.92 Å². The van der Waals surface area contributed by atoms with Crippen LogP contribution < -0.4 is 0 Å². The minimum absolute atomic E-state index is 0.608. The smallest absolute Gasteiger partial charge is 0.0837 e. The Morgan fingerprint density at radius 3 is 3.00 bits per heavy atom. The van der Waals surface area contributed by atoms with E-state index in [1.54, 1.807) is 19.1 Å². The zero-order chi connectivity index (χ0) is 7.40. The lowest BCUT2D eigenvalue weighted by Crippen LogP contribution is -1.92. The highest BCUT2D eigenvalue weighted by Crippen LogP contribution is 1.98. The molecule has 1 rings (SSSR count). The van der Waals surface area contributed by atoms with Crippen molar-refractivity contribution in [2.24, 2.45) is 5.16 Å². The summed E-state index contributed by atoms with van der Waals surface area (Å²) in [6, 6.07) is 10.2. The summed E-state index contributed by atoms with van der Waals surface area (Å²) in [6.07, 6.45) is 0. The molecule has 1 N–H and O–H groups in total. The van der Waals surface area contributed by atoms with Crippen LogP contribution in [0.25, 0.3) is 0 Å². The Kier molecular flexibility index (Phi) is 2.05. The molecule has 0 saturated carbocycles. The molecule has 0 atom stereocenters. The lowest BCUT2D eigenvalue weighted by Gasteiger charge is -1.93. The Bertz CT molecular complexity index is 228. The average Bonchev–Trinajstić information content (AvgIpc) is 2.05. The normalized spacial score (nSPS) is 11.5. The molecule has 0 aliphatic heterocycles. The molecule has 0 bridgehead atoms. The van der Waals surface area contributed by atoms with E-state index in [-0.39, 0.29) is 0 Å². The van der Waals surface area contributed by atoms with Gasteiger partial charge in [0.2, 0.25) is 0 Å². The van der Waals surface area contributed by atoms with Gasteiger partial charge in [-0.05, 0) is 24.6 Å². The number of hydrogen-bond acceptors (Lipinski definition) is 2. The van der Waals surface area contributed by atoms with Gasteiger partial charge in [-0.25, -0.2) is 0 Å². The van der Waals surface area contributed by atoms with Crippen molar-refractivity contribution in [3.05, 3.63) is 35.9 Å². The van der Waals surface area contributed by atoms with E-state index in [1.165, 1.54) is 0 Å². The molecule has 10 heavy (non-hydrogen) atoms. The largest absolute Gasteiger partial charge is 0.411 e. The van der Waals surface area contributed by atoms with Crippen molar-refractivity contribution < 1.29 is 5.21 Å². The zero-order valence-electron chi connectivity index (χ0n) is 5.70. The number of oxime groups is 1. The fraction of sp³-hybridized carbons (Fsp3) is 0.125. The van der Waals surface area contributed by atoms with Gasteiger partial charge in [0.1, 0.15) is 0 Å². The van der Waals surface area contributed by atoms with E-state index in [9.17, 15) is 0 Å². The van der Waals surface area contributed by atoms with Crippen molar-refractivity contribution in [1.29, 1.82) is 0 Å². The van der Waals surface area contributed by atoms with Gasteiger partial charge in [-0.15, -0.1) is 0 Å². The maximum Gasteiger partial charge on any atom is 0.0837 e. The monoisotopic (exact) mass is 134 g/mol. The minimum atomic E-state index is 0.608. The molecule has 0 saturated heterocycles. The summed E-state index contributed by atoms with van der Waals surface area (Å²) in [6.45, 7) is 1.74. The van der Waals surface area contributed by atoms with E-state index in [2.05, 4.69) is 11.2 Å². The first-order valence-corrected chi connectivity index (χ1v) is 2.99. The average molecular weight is 134 g/mol. The fourth-order valence-electron chi connectivity index (χ4n) is 0.676. The molecule has 0 aromatic heterocycles. The van der Waals surface area contributed by atoms with Crippen LogP contribution in [0.4, 0.5) is 0 Å². The molecule has 51 valence electrons. The van der Waals surface area contributed by atoms with Gasteiger partial charge in [-0.2, -0.15) is 0 Å². The third-order valence-electron chi connectivity index (χ3n) is 1.27. The second-order valence-corrected chi connectivity index (χ2v) is 1.98. The van der Waals surface area contributed by atoms with Gasteiger partial charge >= 0.3 is 0 Å². The molecular weight excluding hydrogens is 126 g/mol. The molecule has 0 fully saturated rings. The van der Waals surface area contributed by atoms with Gasteiger partial charge in [0.15, 0.2) is 0 Å². The second kappa shape index (κ2) is 3.01. The number of rotatable bonds is 1. The molecule has 0 aliphatic rings. The first kappa shape index (κ1) is 6.81. The molecule has 1 radical (unpaired) electrons. The predicted molar refractivity (Wildman–Crippen MR) is 39.3 cm³/mol. The van der Waals surface area contributed by atoms with Gasteiger partial charge in [-0.1, -0.05) is 23.4 Å². The van der Waals surface area contributed by atoms with E-state index in [1.807, 2.05) is 12.1 Å². The zero-order valence-corrected chi connectivity index (χ0v) is 5.70. The highest BCUT2D eigenvalue weighted by molar-refractivity contribution is 5.98. The van der Waals surface area contributed by atoms with Gasteiger partial charge in [0.25, 0.3) is 0 Å². The van der Waals surface area contributed by atoms with Gasteiger partial charge < -0.3 is 5.21 Å². The van der Waals surface area contributed by atoms with Crippen LogP contribution in [-0.2, 0) is 0 Å². The van der Waals surface area contributed by atoms with Crippen molar-refractivity contribution in [3.8, 4) is 0 Å². The maximum absolute atomic E-state index is 8.36. The number of hydrogen-bond donors (Lipinski definition) is 1. The molecule has 0 spiro atoms.